The molecule has 0 aromatic carbocycles. The average molecular weight is 284 g/mol. The van der Waals surface area contributed by atoms with Gasteiger partial charge < -0.3 is 17.8 Å². The van der Waals surface area contributed by atoms with E-state index in [0.29, 0.717) is 0 Å². The molecule has 0 aromatic heterocycles. The summed E-state index contributed by atoms with van der Waals surface area (Å²) in [5.41, 5.74) is 0. The minimum Gasteiger partial charge on any atom is -0.457 e. The van der Waals surface area contributed by atoms with Crippen molar-refractivity contribution in [2.24, 2.45) is 0 Å². The Balaban J connectivity index is -0.00000000167. The number of hydrogen-bond donors (Lipinski definition) is 2. The maximum Gasteiger partial charge on any atom is -0.457 e. The average Bonchev–Trinajstić information content (AvgIpc) is 1.00. The summed E-state index contributed by atoms with van der Waals surface area (Å²) in [6.07, 6.45) is 0. The first kappa shape index (κ1) is 40.0. The van der Waals surface area contributed by atoms with E-state index in [1.54, 1.807) is 18.8 Å². The molecule has 41 valence electrons. The molecule has 0 atom stereocenters. The fraction of sp³-hybridized carbons (Fsp3) is 0. The van der Waals surface area contributed by atoms with Crippen LogP contribution in [-0.4, -0.2) is 0 Å². The van der Waals surface area contributed by atoms with Gasteiger partial charge in [0.05, 0.1) is 0 Å². The first-order valence-corrected chi connectivity index (χ1v) is 2.94. The maximum absolute atomic E-state index is 4.61. The molecular formula is H9ClN2OPt+. The van der Waals surface area contributed by atoms with Gasteiger partial charge in [0.1, 0.15) is 0 Å². The van der Waals surface area contributed by atoms with Crippen molar-refractivity contribution in [3.05, 3.63) is 0 Å². The van der Waals surface area contributed by atoms with Crippen LogP contribution in [0.3, 0.4) is 0 Å². The summed E-state index contributed by atoms with van der Waals surface area (Å²) in [7, 11) is 4.61. The SMILES string of the molecule is N.N.[Cl][Pt].[OH3+]. The van der Waals surface area contributed by atoms with E-state index in [-0.39, 0.29) is 17.8 Å². The fourth-order valence-corrected chi connectivity index (χ4v) is 0. The normalized spacial score (nSPS) is 1.40. The van der Waals surface area contributed by atoms with E-state index in [2.05, 4.69) is 9.42 Å². The van der Waals surface area contributed by atoms with Gasteiger partial charge in [-0.3, -0.25) is 0 Å². The van der Waals surface area contributed by atoms with E-state index in [0.717, 1.165) is 0 Å². The largest absolute Gasteiger partial charge is 0.457 e. The third-order valence-electron chi connectivity index (χ3n) is 0. The van der Waals surface area contributed by atoms with Crippen molar-refractivity contribution < 1.29 is 24.2 Å². The molecule has 3 nitrogen and oxygen atoms in total. The molecule has 0 saturated heterocycles. The molecule has 0 unspecified atom stereocenters. The van der Waals surface area contributed by atoms with Crippen molar-refractivity contribution in [1.29, 1.82) is 0 Å². The summed E-state index contributed by atoms with van der Waals surface area (Å²) in [5, 5.41) is 0. The molecule has 0 aliphatic heterocycles. The zero-order chi connectivity index (χ0) is 2.00. The van der Waals surface area contributed by atoms with Crippen molar-refractivity contribution in [3.63, 3.8) is 0 Å². The van der Waals surface area contributed by atoms with Crippen molar-refractivity contribution in [2.75, 3.05) is 0 Å². The first-order chi connectivity index (χ1) is 1.00. The van der Waals surface area contributed by atoms with Gasteiger partial charge >= 0.3 is 28.2 Å². The van der Waals surface area contributed by atoms with Crippen LogP contribution in [-0.2, 0) is 24.2 Å². The summed E-state index contributed by atoms with van der Waals surface area (Å²) in [4.78, 5) is 0. The Hall–Kier alpha value is 0.858. The third kappa shape index (κ3) is 53.9. The molecule has 9 N–H and O–H groups in total. The molecule has 0 amide bonds. The monoisotopic (exact) mass is 283 g/mol. The zero-order valence-corrected chi connectivity index (χ0v) is 5.71. The Kier molecular flexibility index (Phi) is 786. The molecule has 0 rings (SSSR count). The van der Waals surface area contributed by atoms with Gasteiger partial charge in [0.15, 0.2) is 0 Å². The quantitative estimate of drug-likeness (QED) is 0.615. The Labute approximate surface area is 46.4 Å². The van der Waals surface area contributed by atoms with Gasteiger partial charge in [-0.05, 0) is 0 Å². The predicted octanol–water partition coefficient (Wildman–Crippen LogP) is 0.0891. The number of rotatable bonds is 0. The standard InChI is InChI=1S/ClH.2H3N.H2O.Pt/h1H;2*1H3;1H2;/q;;;;+1. The van der Waals surface area contributed by atoms with Gasteiger partial charge in [-0.25, -0.2) is 0 Å². The van der Waals surface area contributed by atoms with Gasteiger partial charge in [-0.1, -0.05) is 0 Å². The minimum absolute atomic E-state index is 0. The summed E-state index contributed by atoms with van der Waals surface area (Å²) in [6, 6.07) is 0. The van der Waals surface area contributed by atoms with E-state index in [1.165, 1.54) is 0 Å². The van der Waals surface area contributed by atoms with E-state index in [1.807, 2.05) is 0 Å². The molecule has 0 fully saturated rings. The van der Waals surface area contributed by atoms with Crippen LogP contribution in [0, 0.1) is 0 Å². The summed E-state index contributed by atoms with van der Waals surface area (Å²) < 4.78 is 0. The van der Waals surface area contributed by atoms with Crippen molar-refractivity contribution in [2.45, 2.75) is 0 Å². The van der Waals surface area contributed by atoms with Crippen molar-refractivity contribution in [1.82, 2.24) is 12.3 Å². The molecular weight excluding hydrogens is 275 g/mol. The molecule has 0 bridgehead atoms. The molecule has 0 spiro atoms. The molecule has 0 aliphatic carbocycles. The van der Waals surface area contributed by atoms with Gasteiger partial charge in [-0.2, -0.15) is 0 Å². The smallest absolute Gasteiger partial charge is 0.457 e. The summed E-state index contributed by atoms with van der Waals surface area (Å²) in [6.45, 7) is 0. The number of hydrogen-bond acceptors (Lipinski definition) is 2. The maximum atomic E-state index is 4.61. The van der Waals surface area contributed by atoms with Crippen LogP contribution in [0.4, 0.5) is 0 Å². The van der Waals surface area contributed by atoms with Crippen molar-refractivity contribution in [3.8, 4) is 0 Å². The van der Waals surface area contributed by atoms with Gasteiger partial charge in [0.25, 0.3) is 0 Å². The molecule has 0 aromatic rings. The summed E-state index contributed by atoms with van der Waals surface area (Å²) in [5.74, 6) is 0. The van der Waals surface area contributed by atoms with Gasteiger partial charge in [0.2, 0.25) is 0 Å². The molecule has 0 heterocycles. The van der Waals surface area contributed by atoms with E-state index in [4.69, 9.17) is 0 Å². The molecule has 0 saturated carbocycles. The third-order valence-corrected chi connectivity index (χ3v) is 0. The Morgan fingerprint density at radius 1 is 1.00 bits per heavy atom. The second-order valence-corrected chi connectivity index (χ2v) is 0. The Morgan fingerprint density at radius 3 is 1.00 bits per heavy atom. The minimum atomic E-state index is 0. The molecule has 5 heavy (non-hydrogen) atoms. The van der Waals surface area contributed by atoms with Crippen LogP contribution in [0.5, 0.6) is 0 Å². The van der Waals surface area contributed by atoms with Gasteiger partial charge in [0, 0.05) is 0 Å². The Bertz CT molecular complexity index is 9.61. The van der Waals surface area contributed by atoms with Crippen LogP contribution in [0.1, 0.15) is 0 Å². The number of halogens is 1. The molecule has 0 aliphatic rings. The van der Waals surface area contributed by atoms with Crippen LogP contribution in [0.2, 0.25) is 0 Å². The van der Waals surface area contributed by atoms with E-state index >= 15 is 0 Å². The Morgan fingerprint density at radius 2 is 1.00 bits per heavy atom. The first-order valence-electron chi connectivity index (χ1n) is 0.120. The van der Waals surface area contributed by atoms with Crippen LogP contribution >= 0.6 is 9.42 Å². The van der Waals surface area contributed by atoms with Crippen LogP contribution in [0.25, 0.3) is 0 Å². The van der Waals surface area contributed by atoms with Crippen LogP contribution < -0.4 is 12.3 Å². The van der Waals surface area contributed by atoms with Crippen LogP contribution in [0.15, 0.2) is 0 Å². The second kappa shape index (κ2) is 98.2. The second-order valence-electron chi connectivity index (χ2n) is 0. The topological polar surface area (TPSA) is 103 Å². The zero-order valence-electron chi connectivity index (χ0n) is 2.69. The van der Waals surface area contributed by atoms with Gasteiger partial charge in [-0.15, -0.1) is 0 Å². The molecule has 5 heteroatoms. The predicted molar refractivity (Wildman–Crippen MR) is 20.8 cm³/mol. The molecule has 0 radical (unpaired) electrons. The van der Waals surface area contributed by atoms with Crippen molar-refractivity contribution >= 4 is 9.42 Å². The van der Waals surface area contributed by atoms with E-state index in [9.17, 15) is 0 Å². The van der Waals surface area contributed by atoms with E-state index < -0.39 is 0 Å². The summed E-state index contributed by atoms with van der Waals surface area (Å²) >= 11 is 1.61. The fourth-order valence-electron chi connectivity index (χ4n) is 0.